The predicted octanol–water partition coefficient (Wildman–Crippen LogP) is 0.775. The summed E-state index contributed by atoms with van der Waals surface area (Å²) in [5.41, 5.74) is 0.860. The SMILES string of the molecule is C.C.C=CC[NH+]1CC[C@]23c4c5ccc(O)c4O[C@H]2[C@@H](OCCOC)CC[C@@]3(O)[C@H]1C5.O=C(O)C(=O)O. The van der Waals surface area contributed by atoms with E-state index in [1.807, 2.05) is 12.1 Å². The smallest absolute Gasteiger partial charge is 0.414 e. The van der Waals surface area contributed by atoms with Gasteiger partial charge >= 0.3 is 11.9 Å². The van der Waals surface area contributed by atoms with Crippen LogP contribution in [0.2, 0.25) is 0 Å². The number of rotatable bonds is 6. The lowest BCUT2D eigenvalue weighted by molar-refractivity contribution is -0.937. The molecule has 5 rings (SSSR count). The van der Waals surface area contributed by atoms with Gasteiger partial charge in [-0.05, 0) is 30.5 Å². The molecule has 10 heteroatoms. The highest BCUT2D eigenvalue weighted by atomic mass is 16.6. The molecule has 5 N–H and O–H groups in total. The molecule has 0 amide bonds. The Morgan fingerprint density at radius 3 is 2.53 bits per heavy atom. The third-order valence-corrected chi connectivity index (χ3v) is 7.86. The highest BCUT2D eigenvalue weighted by molar-refractivity contribution is 6.27. The molecule has 0 radical (unpaired) electrons. The van der Waals surface area contributed by atoms with Crippen LogP contribution in [0.1, 0.15) is 45.2 Å². The molecule has 6 atom stereocenters. The number of hydrogen-bond donors (Lipinski definition) is 5. The van der Waals surface area contributed by atoms with Crippen LogP contribution in [0.3, 0.4) is 0 Å². The van der Waals surface area contributed by atoms with Crippen molar-refractivity contribution in [2.24, 2.45) is 0 Å². The molecule has 2 aliphatic heterocycles. The number of aliphatic hydroxyl groups is 1. The molecule has 10 nitrogen and oxygen atoms in total. The van der Waals surface area contributed by atoms with Crippen LogP contribution in [-0.2, 0) is 30.9 Å². The fraction of sp³-hybridized carbons (Fsp3) is 0.615. The first-order valence-corrected chi connectivity index (χ1v) is 11.5. The van der Waals surface area contributed by atoms with Gasteiger partial charge in [-0.25, -0.2) is 9.59 Å². The lowest BCUT2D eigenvalue weighted by Gasteiger charge is -2.61. The summed E-state index contributed by atoms with van der Waals surface area (Å²) in [5.74, 6) is -2.92. The Hall–Kier alpha value is -2.66. The average molecular weight is 511 g/mol. The lowest BCUT2D eigenvalue weighted by Crippen LogP contribution is -3.21. The van der Waals surface area contributed by atoms with Gasteiger partial charge in [-0.15, -0.1) is 0 Å². The van der Waals surface area contributed by atoms with Gasteiger partial charge in [-0.3, -0.25) is 0 Å². The van der Waals surface area contributed by atoms with Gasteiger partial charge in [-0.1, -0.05) is 27.5 Å². The van der Waals surface area contributed by atoms with Gasteiger partial charge in [-0.2, -0.15) is 0 Å². The van der Waals surface area contributed by atoms with E-state index in [4.69, 9.17) is 34.0 Å². The minimum Gasteiger partial charge on any atom is -0.504 e. The van der Waals surface area contributed by atoms with E-state index >= 15 is 0 Å². The number of hydrogen-bond acceptors (Lipinski definition) is 7. The number of phenols is 1. The zero-order valence-corrected chi connectivity index (χ0v) is 19.2. The van der Waals surface area contributed by atoms with Crippen LogP contribution in [0.15, 0.2) is 24.8 Å². The topological polar surface area (TPSA) is 147 Å². The zero-order chi connectivity index (χ0) is 24.7. The van der Waals surface area contributed by atoms with E-state index in [2.05, 4.69) is 6.58 Å². The molecule has 2 bridgehead atoms. The Morgan fingerprint density at radius 1 is 1.22 bits per heavy atom. The van der Waals surface area contributed by atoms with Crippen molar-refractivity contribution in [2.75, 3.05) is 33.4 Å². The molecule has 1 aromatic carbocycles. The van der Waals surface area contributed by atoms with Gasteiger partial charge in [0, 0.05) is 25.5 Å². The Morgan fingerprint density at radius 2 is 1.92 bits per heavy atom. The van der Waals surface area contributed by atoms with E-state index in [1.54, 1.807) is 13.2 Å². The zero-order valence-electron chi connectivity index (χ0n) is 19.2. The molecule has 2 aliphatic carbocycles. The van der Waals surface area contributed by atoms with Crippen molar-refractivity contribution >= 4 is 11.9 Å². The molecule has 1 unspecified atom stereocenters. The molecular formula is C26H40NO9+. The number of methoxy groups -OCH3 is 1. The highest BCUT2D eigenvalue weighted by Crippen LogP contribution is 2.63. The molecule has 0 aromatic heterocycles. The van der Waals surface area contributed by atoms with Gasteiger partial charge in [0.1, 0.15) is 17.7 Å². The van der Waals surface area contributed by atoms with E-state index in [0.717, 1.165) is 37.9 Å². The number of quaternary nitrogens is 1. The van der Waals surface area contributed by atoms with Crippen molar-refractivity contribution in [3.63, 3.8) is 0 Å². The molecule has 1 saturated heterocycles. The van der Waals surface area contributed by atoms with E-state index in [-0.39, 0.29) is 38.9 Å². The number of carboxylic acid groups (broad SMARTS) is 2. The molecule has 36 heavy (non-hydrogen) atoms. The summed E-state index contributed by atoms with van der Waals surface area (Å²) in [4.78, 5) is 19.6. The number of carbonyl (C=O) groups is 2. The maximum Gasteiger partial charge on any atom is 0.414 e. The van der Waals surface area contributed by atoms with Crippen LogP contribution in [-0.4, -0.2) is 89.6 Å². The van der Waals surface area contributed by atoms with Crippen LogP contribution in [0.4, 0.5) is 0 Å². The number of aromatic hydroxyl groups is 1. The second-order valence-electron chi connectivity index (χ2n) is 9.34. The first-order chi connectivity index (χ1) is 16.2. The first-order valence-electron chi connectivity index (χ1n) is 11.5. The number of ether oxygens (including phenoxy) is 3. The Labute approximate surface area is 212 Å². The van der Waals surface area contributed by atoms with E-state index in [9.17, 15) is 10.2 Å². The summed E-state index contributed by atoms with van der Waals surface area (Å²) in [6.45, 7) is 6.77. The van der Waals surface area contributed by atoms with Crippen LogP contribution >= 0.6 is 0 Å². The molecular weight excluding hydrogens is 470 g/mol. The number of phenolic OH excluding ortho intramolecular Hbond substituents is 1. The molecule has 202 valence electrons. The minimum absolute atomic E-state index is 0. The summed E-state index contributed by atoms with van der Waals surface area (Å²) < 4.78 is 17.7. The third-order valence-electron chi connectivity index (χ3n) is 7.86. The van der Waals surface area contributed by atoms with E-state index < -0.39 is 23.0 Å². The number of piperidine rings is 1. The Bertz CT molecular complexity index is 970. The Kier molecular flexibility index (Phi) is 9.17. The molecule has 1 aromatic rings. The van der Waals surface area contributed by atoms with Gasteiger partial charge in [0.2, 0.25) is 0 Å². The average Bonchev–Trinajstić information content (AvgIpc) is 3.15. The number of aliphatic carboxylic acids is 2. The maximum atomic E-state index is 12.2. The molecule has 2 fully saturated rings. The quantitative estimate of drug-likeness (QED) is 0.213. The van der Waals surface area contributed by atoms with E-state index in [0.29, 0.717) is 25.4 Å². The number of likely N-dealkylation sites (tertiary alicyclic amines) is 1. The monoisotopic (exact) mass is 510 g/mol. The standard InChI is InChI=1S/C22H29NO5.C2H2O4.2CH4/c1-3-9-23-10-8-21-18-14-4-5-15(24)19(18)28-20(21)16(27-12-11-26-2)6-7-22(21,25)17(23)13-14;3-1(4)2(5)6;;/h3-5,16-17,20,24-25H,1,6-13H2,2H3;(H,3,4)(H,5,6);2*1H4/p+1/t16-,17+,20-,21-,22+;;;/m0.../s1. The number of benzene rings is 1. The van der Waals surface area contributed by atoms with Crippen molar-refractivity contribution in [3.05, 3.63) is 35.9 Å². The number of carboxylic acids is 2. The van der Waals surface area contributed by atoms with Crippen molar-refractivity contribution in [1.29, 1.82) is 0 Å². The largest absolute Gasteiger partial charge is 0.504 e. The maximum absolute atomic E-state index is 12.2. The van der Waals surface area contributed by atoms with Gasteiger partial charge in [0.15, 0.2) is 11.5 Å². The van der Waals surface area contributed by atoms with Crippen LogP contribution in [0.5, 0.6) is 11.5 Å². The fourth-order valence-corrected chi connectivity index (χ4v) is 6.61. The lowest BCUT2D eigenvalue weighted by atomic mass is 9.48. The van der Waals surface area contributed by atoms with Crippen molar-refractivity contribution in [3.8, 4) is 11.5 Å². The summed E-state index contributed by atoms with van der Waals surface area (Å²) in [6.07, 6.45) is 4.61. The Balaban J connectivity index is 0.000000514. The minimum atomic E-state index is -1.82. The van der Waals surface area contributed by atoms with Gasteiger partial charge < -0.3 is 39.5 Å². The van der Waals surface area contributed by atoms with E-state index in [1.165, 1.54) is 10.5 Å². The molecule has 4 aliphatic rings. The number of nitrogens with one attached hydrogen (secondary N) is 1. The third kappa shape index (κ3) is 4.36. The first kappa shape index (κ1) is 29.6. The normalized spacial score (nSPS) is 32.3. The van der Waals surface area contributed by atoms with Gasteiger partial charge in [0.05, 0.1) is 37.8 Å². The van der Waals surface area contributed by atoms with Crippen molar-refractivity contribution < 1.29 is 49.1 Å². The predicted molar refractivity (Wildman–Crippen MR) is 132 cm³/mol. The van der Waals surface area contributed by atoms with Crippen LogP contribution < -0.4 is 9.64 Å². The summed E-state index contributed by atoms with van der Waals surface area (Å²) in [5, 5.41) is 37.5. The second-order valence-corrected chi connectivity index (χ2v) is 9.34. The molecule has 2 heterocycles. The summed E-state index contributed by atoms with van der Waals surface area (Å²) in [7, 11) is 1.66. The molecule has 1 saturated carbocycles. The summed E-state index contributed by atoms with van der Waals surface area (Å²) >= 11 is 0. The summed E-state index contributed by atoms with van der Waals surface area (Å²) in [6, 6.07) is 3.85. The fourth-order valence-electron chi connectivity index (χ4n) is 6.61. The van der Waals surface area contributed by atoms with Gasteiger partial charge in [0.25, 0.3) is 0 Å². The van der Waals surface area contributed by atoms with Crippen molar-refractivity contribution in [1.82, 2.24) is 0 Å². The molecule has 1 spiro atoms. The van der Waals surface area contributed by atoms with Crippen molar-refractivity contribution in [2.45, 2.75) is 69.8 Å². The highest BCUT2D eigenvalue weighted by Gasteiger charge is 2.74. The van der Waals surface area contributed by atoms with Crippen LogP contribution in [0, 0.1) is 0 Å². The second kappa shape index (κ2) is 11.2. The van der Waals surface area contributed by atoms with Crippen LogP contribution in [0.25, 0.3) is 0 Å².